The van der Waals surface area contributed by atoms with Crippen LogP contribution in [0.15, 0.2) is 0 Å². The van der Waals surface area contributed by atoms with Gasteiger partial charge in [0.2, 0.25) is 0 Å². The Morgan fingerprint density at radius 3 is 1.20 bits per heavy atom. The monoisotopic (exact) mass is 393 g/mol. The Balaban J connectivity index is -0.00000000167. The van der Waals surface area contributed by atoms with Crippen LogP contribution in [0.4, 0.5) is 0 Å². The average Bonchev–Trinajstić information content (AvgIpc) is 1.00. The van der Waals surface area contributed by atoms with Crippen LogP contribution < -0.4 is 0 Å². The van der Waals surface area contributed by atoms with Gasteiger partial charge in [0.05, 0.1) is 0 Å². The van der Waals surface area contributed by atoms with Crippen LogP contribution >= 0.6 is 0 Å². The van der Waals surface area contributed by atoms with Crippen LogP contribution in [0.2, 0.25) is 0 Å². The Hall–Kier alpha value is 4.14. The largest absolute Gasteiger partial charge is 0 e. The predicted octanol–water partition coefficient (Wildman–Crippen LogP) is -1.04. The molecule has 0 N–H and O–H groups in total. The normalized spacial score (nSPS) is 0.800. The molecule has 0 aromatic rings. The van der Waals surface area contributed by atoms with E-state index in [4.69, 9.17) is 3.83 Å². The maximum Gasteiger partial charge on any atom is 0 e. The van der Waals surface area contributed by atoms with Crippen LogP contribution in [0.1, 0.15) is 0 Å². The Morgan fingerprint density at radius 2 is 1.20 bits per heavy atom. The molecule has 5 heavy (non-hydrogen) atoms. The van der Waals surface area contributed by atoms with E-state index in [2.05, 4.69) is 0 Å². The second-order valence-corrected chi connectivity index (χ2v) is 0. The molecule has 0 rings (SSSR count). The van der Waals surface area contributed by atoms with Crippen molar-refractivity contribution in [3.05, 3.63) is 0 Å². The second-order valence-electron chi connectivity index (χ2n) is 0. The summed E-state index contributed by atoms with van der Waals surface area (Å²) in [5.74, 6) is 0. The van der Waals surface area contributed by atoms with E-state index in [9.17, 15) is 0 Å². The zero-order valence-electron chi connectivity index (χ0n) is 1.94. The van der Waals surface area contributed by atoms with E-state index < -0.39 is 0 Å². The van der Waals surface area contributed by atoms with Gasteiger partial charge < -0.3 is 0 Å². The van der Waals surface area contributed by atoms with Crippen LogP contribution in [0.5, 0.6) is 0 Å². The molecular formula is H2CaLaMnOPr. The molecular weight excluding hydrogens is 391 g/mol. The molecule has 0 fully saturated rings. The minimum Gasteiger partial charge on any atom is 0 e. The fourth-order valence-corrected chi connectivity index (χ4v) is 0. The number of hydrogen-bond donors (Lipinski definition) is 0. The van der Waals surface area contributed by atoms with Gasteiger partial charge in [-0.2, -0.15) is 0 Å². The molecule has 0 saturated carbocycles. The van der Waals surface area contributed by atoms with E-state index in [-0.39, 0.29) is 115 Å². The van der Waals surface area contributed by atoms with Crippen molar-refractivity contribution in [3.63, 3.8) is 0 Å². The van der Waals surface area contributed by atoms with Crippen molar-refractivity contribution >= 4 is 37.7 Å². The second kappa shape index (κ2) is 24.2. The Morgan fingerprint density at radius 1 is 1.20 bits per heavy atom. The molecule has 0 amide bonds. The van der Waals surface area contributed by atoms with Gasteiger partial charge in [0.15, 0.2) is 0 Å². The molecule has 23 valence electrons. The summed E-state index contributed by atoms with van der Waals surface area (Å²) in [5, 5.41) is 0. The van der Waals surface area contributed by atoms with E-state index in [1.807, 2.05) is 0 Å². The number of hydrogen-bond acceptors (Lipinski definition) is 1. The van der Waals surface area contributed by atoms with Crippen molar-refractivity contribution in [3.8, 4) is 0 Å². The average molecular weight is 393 g/mol. The first-order valence-electron chi connectivity index (χ1n) is 0.154. The third-order valence-corrected chi connectivity index (χ3v) is 0. The summed E-state index contributed by atoms with van der Waals surface area (Å²) in [4.78, 5) is 0. The van der Waals surface area contributed by atoms with Crippen LogP contribution in [-0.2, 0) is 19.8 Å². The summed E-state index contributed by atoms with van der Waals surface area (Å²) in [5.41, 5.74) is 0. The summed E-state index contributed by atoms with van der Waals surface area (Å²) >= 11 is 1.69. The van der Waals surface area contributed by atoms with E-state index in [1.54, 1.807) is 15.9 Å². The zero-order chi connectivity index (χ0) is 2.00. The van der Waals surface area contributed by atoms with Gasteiger partial charge in [-0.3, -0.25) is 0 Å². The Labute approximate surface area is 130 Å². The Kier molecular flexibility index (Phi) is 111. The van der Waals surface area contributed by atoms with E-state index in [0.29, 0.717) is 0 Å². The Bertz CT molecular complexity index is 11.6. The van der Waals surface area contributed by atoms with Crippen molar-refractivity contribution in [2.75, 3.05) is 0 Å². The molecule has 0 aliphatic heterocycles. The van der Waals surface area contributed by atoms with Crippen molar-refractivity contribution in [2.45, 2.75) is 0 Å². The molecule has 1 nitrogen and oxygen atoms in total. The van der Waals surface area contributed by atoms with Gasteiger partial charge in [0.1, 0.15) is 0 Å². The van der Waals surface area contributed by atoms with Gasteiger partial charge in [0.25, 0.3) is 0 Å². The minimum atomic E-state index is 0. The molecule has 0 bridgehead atoms. The first-order valence-corrected chi connectivity index (χ1v) is 0.636. The van der Waals surface area contributed by atoms with Gasteiger partial charge in [-0.25, -0.2) is 0 Å². The smallest absolute Gasteiger partial charge is 0 e. The molecule has 0 aromatic heterocycles. The van der Waals surface area contributed by atoms with Gasteiger partial charge in [-0.05, 0) is 0 Å². The van der Waals surface area contributed by atoms with E-state index >= 15 is 0 Å². The quantitative estimate of drug-likeness (QED) is 0.482. The SMILES string of the molecule is [CaH2].[La].[O]=[Mn].[Pr]. The third kappa shape index (κ3) is 17.9. The van der Waals surface area contributed by atoms with Crippen molar-refractivity contribution in [2.24, 2.45) is 0 Å². The molecule has 0 spiro atoms. The maximum atomic E-state index is 8.06. The van der Waals surface area contributed by atoms with Gasteiger partial charge >= 0.3 is 57.5 Å². The van der Waals surface area contributed by atoms with Crippen molar-refractivity contribution in [1.29, 1.82) is 0 Å². The fourth-order valence-electron chi connectivity index (χ4n) is 0. The van der Waals surface area contributed by atoms with Crippen LogP contribution in [0.3, 0.4) is 0 Å². The molecule has 0 atom stereocenters. The topological polar surface area (TPSA) is 17.1 Å². The molecule has 0 unspecified atom stereocenters. The van der Waals surface area contributed by atoms with E-state index in [1.165, 1.54) is 0 Å². The number of rotatable bonds is 0. The molecule has 0 heterocycles. The van der Waals surface area contributed by atoms with Crippen LogP contribution in [-0.4, -0.2) is 37.7 Å². The predicted molar refractivity (Wildman–Crippen MR) is 9.23 cm³/mol. The fraction of sp³-hybridized carbons (Fsp3) is 0. The molecule has 5 heteroatoms. The minimum absolute atomic E-state index is 0. The molecule has 0 aliphatic rings. The third-order valence-electron chi connectivity index (χ3n) is 0. The van der Waals surface area contributed by atoms with Crippen LogP contribution in [0.25, 0.3) is 0 Å². The summed E-state index contributed by atoms with van der Waals surface area (Å²) in [6, 6.07) is 0. The van der Waals surface area contributed by atoms with Crippen molar-refractivity contribution in [1.82, 2.24) is 0 Å². The molecule has 0 aliphatic carbocycles. The summed E-state index contributed by atoms with van der Waals surface area (Å²) in [7, 11) is 0. The van der Waals surface area contributed by atoms with Crippen LogP contribution in [0, 0.1) is 76.9 Å². The van der Waals surface area contributed by atoms with Gasteiger partial charge in [-0.1, -0.05) is 0 Å². The van der Waals surface area contributed by atoms with Gasteiger partial charge in [0, 0.05) is 76.9 Å². The first kappa shape index (κ1) is 22.9. The molecule has 0 aromatic carbocycles. The van der Waals surface area contributed by atoms with E-state index in [0.717, 1.165) is 0 Å². The molecule has 0 saturated heterocycles. The molecule has 2 radical (unpaired) electrons. The maximum absolute atomic E-state index is 8.06. The summed E-state index contributed by atoms with van der Waals surface area (Å²) in [6.45, 7) is 0. The summed E-state index contributed by atoms with van der Waals surface area (Å²) in [6.07, 6.45) is 0. The summed E-state index contributed by atoms with van der Waals surface area (Å²) < 4.78 is 8.06. The van der Waals surface area contributed by atoms with Crippen molar-refractivity contribution < 1.29 is 96.7 Å². The zero-order valence-corrected chi connectivity index (χ0v) is 10.5. The standard InChI is InChI=1S/Ca.La.Mn.O.Pr.2H. The van der Waals surface area contributed by atoms with Gasteiger partial charge in [-0.15, -0.1) is 0 Å². The first-order chi connectivity index (χ1) is 1.00.